The summed E-state index contributed by atoms with van der Waals surface area (Å²) in [6, 6.07) is -1.42. The lowest BCUT2D eigenvalue weighted by Gasteiger charge is -2.25. The van der Waals surface area contributed by atoms with E-state index in [1.54, 1.807) is 6.92 Å². The number of carboxylic acids is 1. The second kappa shape index (κ2) is 6.96. The van der Waals surface area contributed by atoms with E-state index in [9.17, 15) is 14.4 Å². The summed E-state index contributed by atoms with van der Waals surface area (Å²) in [7, 11) is 0. The topological polar surface area (TPSA) is 98.7 Å². The lowest BCUT2D eigenvalue weighted by atomic mass is 9.99. The number of amides is 3. The van der Waals surface area contributed by atoms with Crippen LogP contribution < -0.4 is 10.6 Å². The normalized spacial score (nSPS) is 19.1. The Labute approximate surface area is 112 Å². The van der Waals surface area contributed by atoms with E-state index in [0.717, 1.165) is 0 Å². The van der Waals surface area contributed by atoms with Crippen molar-refractivity contribution in [2.75, 3.05) is 19.6 Å². The van der Waals surface area contributed by atoms with Crippen LogP contribution in [0.15, 0.2) is 0 Å². The van der Waals surface area contributed by atoms with Crippen LogP contribution in [-0.2, 0) is 9.59 Å². The summed E-state index contributed by atoms with van der Waals surface area (Å²) in [5, 5.41) is 14.3. The van der Waals surface area contributed by atoms with Gasteiger partial charge >= 0.3 is 12.0 Å². The van der Waals surface area contributed by atoms with Gasteiger partial charge in [-0.25, -0.2) is 9.59 Å². The SMILES string of the molecule is CC[C@H](C)[C@H](NC(=O)N1CCCNC(=O)C1)C(=O)O. The maximum absolute atomic E-state index is 12.0. The molecule has 1 heterocycles. The average Bonchev–Trinajstić information content (AvgIpc) is 2.59. The second-order valence-electron chi connectivity index (χ2n) is 4.78. The van der Waals surface area contributed by atoms with Crippen molar-refractivity contribution < 1.29 is 19.5 Å². The predicted molar refractivity (Wildman–Crippen MR) is 68.6 cm³/mol. The number of aliphatic carboxylic acids is 1. The van der Waals surface area contributed by atoms with Crippen LogP contribution in [0.5, 0.6) is 0 Å². The molecular weight excluding hydrogens is 250 g/mol. The van der Waals surface area contributed by atoms with E-state index in [1.807, 2.05) is 6.92 Å². The van der Waals surface area contributed by atoms with Gasteiger partial charge in [0, 0.05) is 13.1 Å². The summed E-state index contributed by atoms with van der Waals surface area (Å²) in [5.41, 5.74) is 0. The molecule has 7 nitrogen and oxygen atoms in total. The molecule has 1 aliphatic heterocycles. The Morgan fingerprint density at radius 1 is 1.53 bits per heavy atom. The van der Waals surface area contributed by atoms with Crippen LogP contribution in [0.4, 0.5) is 4.79 Å². The minimum Gasteiger partial charge on any atom is -0.480 e. The molecule has 0 saturated carbocycles. The van der Waals surface area contributed by atoms with Gasteiger partial charge in [-0.3, -0.25) is 4.79 Å². The molecule has 0 spiro atoms. The van der Waals surface area contributed by atoms with E-state index in [2.05, 4.69) is 10.6 Å². The van der Waals surface area contributed by atoms with Crippen molar-refractivity contribution in [1.82, 2.24) is 15.5 Å². The van der Waals surface area contributed by atoms with Crippen LogP contribution in [0, 0.1) is 5.92 Å². The summed E-state index contributed by atoms with van der Waals surface area (Å²) < 4.78 is 0. The van der Waals surface area contributed by atoms with Gasteiger partial charge in [-0.2, -0.15) is 0 Å². The molecule has 19 heavy (non-hydrogen) atoms. The first-order chi connectivity index (χ1) is 8.95. The van der Waals surface area contributed by atoms with Gasteiger partial charge in [0.2, 0.25) is 5.91 Å². The van der Waals surface area contributed by atoms with Gasteiger partial charge in [0.05, 0.1) is 0 Å². The van der Waals surface area contributed by atoms with E-state index < -0.39 is 18.0 Å². The molecule has 2 atom stereocenters. The van der Waals surface area contributed by atoms with Crippen LogP contribution in [0.25, 0.3) is 0 Å². The Morgan fingerprint density at radius 3 is 2.79 bits per heavy atom. The van der Waals surface area contributed by atoms with Crippen LogP contribution >= 0.6 is 0 Å². The minimum absolute atomic E-state index is 0.0291. The fourth-order valence-corrected chi connectivity index (χ4v) is 1.89. The Morgan fingerprint density at radius 2 is 2.21 bits per heavy atom. The van der Waals surface area contributed by atoms with Crippen molar-refractivity contribution in [3.8, 4) is 0 Å². The molecule has 0 aliphatic carbocycles. The van der Waals surface area contributed by atoms with Crippen molar-refractivity contribution in [2.24, 2.45) is 5.92 Å². The largest absolute Gasteiger partial charge is 0.480 e. The molecule has 0 bridgehead atoms. The Hall–Kier alpha value is -1.79. The molecule has 1 fully saturated rings. The van der Waals surface area contributed by atoms with Gasteiger partial charge < -0.3 is 20.6 Å². The van der Waals surface area contributed by atoms with Crippen molar-refractivity contribution in [3.63, 3.8) is 0 Å². The molecule has 3 N–H and O–H groups in total. The molecule has 0 aromatic carbocycles. The van der Waals surface area contributed by atoms with Crippen LogP contribution in [0.1, 0.15) is 26.7 Å². The molecule has 1 aliphatic rings. The maximum atomic E-state index is 12.0. The number of urea groups is 1. The number of hydrogen-bond donors (Lipinski definition) is 3. The molecule has 1 saturated heterocycles. The van der Waals surface area contributed by atoms with Gasteiger partial charge in [-0.1, -0.05) is 20.3 Å². The van der Waals surface area contributed by atoms with Gasteiger partial charge in [0.1, 0.15) is 12.6 Å². The third-order valence-electron chi connectivity index (χ3n) is 3.31. The number of hydrogen-bond acceptors (Lipinski definition) is 3. The quantitative estimate of drug-likeness (QED) is 0.671. The zero-order valence-electron chi connectivity index (χ0n) is 11.3. The molecule has 0 aromatic rings. The molecular formula is C12H21N3O4. The second-order valence-corrected chi connectivity index (χ2v) is 4.78. The highest BCUT2D eigenvalue weighted by Crippen LogP contribution is 2.09. The summed E-state index contributed by atoms with van der Waals surface area (Å²) in [6.07, 6.45) is 1.32. The molecule has 1 rings (SSSR count). The first kappa shape index (κ1) is 15.3. The fraction of sp³-hybridized carbons (Fsp3) is 0.750. The summed E-state index contributed by atoms with van der Waals surface area (Å²) in [6.45, 7) is 4.59. The van der Waals surface area contributed by atoms with Gasteiger partial charge in [-0.15, -0.1) is 0 Å². The zero-order valence-corrected chi connectivity index (χ0v) is 11.3. The number of carbonyl (C=O) groups is 3. The first-order valence-corrected chi connectivity index (χ1v) is 6.50. The number of carbonyl (C=O) groups excluding carboxylic acids is 2. The lowest BCUT2D eigenvalue weighted by molar-refractivity contribution is -0.140. The predicted octanol–water partition coefficient (Wildman–Crippen LogP) is 0.0172. The minimum atomic E-state index is -1.05. The van der Waals surface area contributed by atoms with E-state index in [1.165, 1.54) is 4.90 Å². The molecule has 0 aromatic heterocycles. The van der Waals surface area contributed by atoms with Crippen LogP contribution in [0.3, 0.4) is 0 Å². The number of nitrogens with zero attached hydrogens (tertiary/aromatic N) is 1. The highest BCUT2D eigenvalue weighted by molar-refractivity contribution is 5.87. The van der Waals surface area contributed by atoms with Gasteiger partial charge in [0.25, 0.3) is 0 Å². The van der Waals surface area contributed by atoms with E-state index in [0.29, 0.717) is 25.9 Å². The van der Waals surface area contributed by atoms with Crippen molar-refractivity contribution in [1.29, 1.82) is 0 Å². The van der Waals surface area contributed by atoms with E-state index in [4.69, 9.17) is 5.11 Å². The highest BCUT2D eigenvalue weighted by atomic mass is 16.4. The summed E-state index contributed by atoms with van der Waals surface area (Å²) >= 11 is 0. The standard InChI is InChI=1S/C12H21N3O4/c1-3-8(2)10(11(17)18)14-12(19)15-6-4-5-13-9(16)7-15/h8,10H,3-7H2,1-2H3,(H,13,16)(H,14,19)(H,17,18)/t8-,10-/m0/s1. The number of nitrogens with one attached hydrogen (secondary N) is 2. The average molecular weight is 271 g/mol. The maximum Gasteiger partial charge on any atom is 0.326 e. The van der Waals surface area contributed by atoms with Gasteiger partial charge in [0.15, 0.2) is 0 Å². The van der Waals surface area contributed by atoms with Crippen molar-refractivity contribution in [3.05, 3.63) is 0 Å². The zero-order chi connectivity index (χ0) is 14.4. The smallest absolute Gasteiger partial charge is 0.326 e. The fourth-order valence-electron chi connectivity index (χ4n) is 1.89. The summed E-state index contributed by atoms with van der Waals surface area (Å²) in [5.74, 6) is -1.44. The monoisotopic (exact) mass is 271 g/mol. The Kier molecular flexibility index (Phi) is 5.59. The van der Waals surface area contributed by atoms with Crippen LogP contribution in [0.2, 0.25) is 0 Å². The van der Waals surface area contributed by atoms with Crippen molar-refractivity contribution in [2.45, 2.75) is 32.7 Å². The Bertz CT molecular complexity index is 359. The lowest BCUT2D eigenvalue weighted by Crippen LogP contribution is -2.51. The third kappa shape index (κ3) is 4.42. The number of carboxylic acid groups (broad SMARTS) is 1. The molecule has 0 unspecified atom stereocenters. The third-order valence-corrected chi connectivity index (χ3v) is 3.31. The van der Waals surface area contributed by atoms with E-state index >= 15 is 0 Å². The van der Waals surface area contributed by atoms with E-state index in [-0.39, 0.29) is 18.4 Å². The highest BCUT2D eigenvalue weighted by Gasteiger charge is 2.28. The Balaban J connectivity index is 2.65. The van der Waals surface area contributed by atoms with Gasteiger partial charge in [-0.05, 0) is 12.3 Å². The van der Waals surface area contributed by atoms with Crippen LogP contribution in [-0.4, -0.2) is 53.6 Å². The molecule has 108 valence electrons. The number of rotatable bonds is 4. The first-order valence-electron chi connectivity index (χ1n) is 6.50. The molecule has 3 amide bonds. The molecule has 7 heteroatoms. The summed E-state index contributed by atoms with van der Waals surface area (Å²) in [4.78, 5) is 35.8. The van der Waals surface area contributed by atoms with Crippen molar-refractivity contribution >= 4 is 17.9 Å². The molecule has 0 radical (unpaired) electrons.